The number of hydrogen-bond acceptors (Lipinski definition) is 6. The summed E-state index contributed by atoms with van der Waals surface area (Å²) in [6.45, 7) is 2.88. The second-order valence-corrected chi connectivity index (χ2v) is 7.50. The van der Waals surface area contributed by atoms with Crippen molar-refractivity contribution >= 4 is 21.6 Å². The zero-order valence-electron chi connectivity index (χ0n) is 13.6. The van der Waals surface area contributed by atoms with Crippen LogP contribution in [0.4, 0.5) is 5.69 Å². The molecule has 0 saturated carbocycles. The lowest BCUT2D eigenvalue weighted by atomic mass is 10.3. The maximum atomic E-state index is 12.7. The van der Waals surface area contributed by atoms with Crippen molar-refractivity contribution in [2.24, 2.45) is 0 Å². The van der Waals surface area contributed by atoms with Gasteiger partial charge >= 0.3 is 0 Å². The van der Waals surface area contributed by atoms with E-state index in [1.807, 2.05) is 0 Å². The summed E-state index contributed by atoms with van der Waals surface area (Å²) in [4.78, 5) is 12.1. The molecular weight excluding hydrogens is 348 g/mol. The van der Waals surface area contributed by atoms with E-state index in [0.29, 0.717) is 19.0 Å². The summed E-state index contributed by atoms with van der Waals surface area (Å²) < 4.78 is 37.0. The molecule has 9 heteroatoms. The third-order valence-corrected chi connectivity index (χ3v) is 5.68. The molecular formula is C16H18N2O6S. The molecule has 1 aliphatic rings. The van der Waals surface area contributed by atoms with E-state index in [-0.39, 0.29) is 35.2 Å². The van der Waals surface area contributed by atoms with Crippen LogP contribution in [0.25, 0.3) is 0 Å². The van der Waals surface area contributed by atoms with Crippen molar-refractivity contribution in [1.29, 1.82) is 0 Å². The highest BCUT2D eigenvalue weighted by molar-refractivity contribution is 7.89. The Morgan fingerprint density at radius 1 is 1.20 bits per heavy atom. The number of amides is 1. The number of anilines is 1. The third-order valence-electron chi connectivity index (χ3n) is 3.79. The highest BCUT2D eigenvalue weighted by atomic mass is 32.2. The molecule has 1 amide bonds. The summed E-state index contributed by atoms with van der Waals surface area (Å²) in [6.07, 6.45) is 0. The first-order valence-electron chi connectivity index (χ1n) is 7.66. The molecule has 0 atom stereocenters. The first kappa shape index (κ1) is 17.5. The summed E-state index contributed by atoms with van der Waals surface area (Å²) >= 11 is 0. The van der Waals surface area contributed by atoms with Gasteiger partial charge in [0.25, 0.3) is 5.91 Å². The van der Waals surface area contributed by atoms with Crippen LogP contribution in [0.15, 0.2) is 39.6 Å². The predicted octanol–water partition coefficient (Wildman–Crippen LogP) is 1.57. The summed E-state index contributed by atoms with van der Waals surface area (Å²) in [5.41, 5.74) is -0.00612. The number of nitrogens with zero attached hydrogens (tertiary/aromatic N) is 1. The molecule has 0 radical (unpaired) electrons. The van der Waals surface area contributed by atoms with Crippen LogP contribution in [0, 0.1) is 6.92 Å². The van der Waals surface area contributed by atoms with Gasteiger partial charge in [-0.1, -0.05) is 0 Å². The van der Waals surface area contributed by atoms with Crippen LogP contribution in [0.2, 0.25) is 0 Å². The SMILES string of the molecule is Cc1ccc(C(=O)Nc2cc(S(=O)(=O)N3CCOCC3)ccc2O)o1. The van der Waals surface area contributed by atoms with Gasteiger partial charge in [0.15, 0.2) is 5.76 Å². The summed E-state index contributed by atoms with van der Waals surface area (Å²) in [5.74, 6) is -0.182. The van der Waals surface area contributed by atoms with Gasteiger partial charge in [0.1, 0.15) is 11.5 Å². The number of hydrogen-bond donors (Lipinski definition) is 2. The molecule has 0 unspecified atom stereocenters. The van der Waals surface area contributed by atoms with Crippen molar-refractivity contribution < 1.29 is 27.5 Å². The molecule has 0 bridgehead atoms. The van der Waals surface area contributed by atoms with E-state index in [1.54, 1.807) is 13.0 Å². The minimum atomic E-state index is -3.73. The Kier molecular flexibility index (Phi) is 4.80. The number of furan rings is 1. The quantitative estimate of drug-likeness (QED) is 0.795. The first-order valence-corrected chi connectivity index (χ1v) is 9.10. The molecule has 0 spiro atoms. The highest BCUT2D eigenvalue weighted by Gasteiger charge is 2.27. The molecule has 3 rings (SSSR count). The van der Waals surface area contributed by atoms with Gasteiger partial charge in [-0.05, 0) is 37.3 Å². The molecule has 25 heavy (non-hydrogen) atoms. The number of phenols is 1. The molecule has 2 heterocycles. The monoisotopic (exact) mass is 366 g/mol. The van der Waals surface area contributed by atoms with Crippen molar-refractivity contribution in [2.45, 2.75) is 11.8 Å². The Morgan fingerprint density at radius 3 is 2.56 bits per heavy atom. The number of sulfonamides is 1. The number of carbonyl (C=O) groups is 1. The molecule has 1 fully saturated rings. The number of nitrogens with one attached hydrogen (secondary N) is 1. The smallest absolute Gasteiger partial charge is 0.291 e. The highest BCUT2D eigenvalue weighted by Crippen LogP contribution is 2.29. The average molecular weight is 366 g/mol. The molecule has 1 aliphatic heterocycles. The molecule has 0 aliphatic carbocycles. The summed E-state index contributed by atoms with van der Waals surface area (Å²) in [6, 6.07) is 6.89. The zero-order valence-corrected chi connectivity index (χ0v) is 14.4. The fourth-order valence-electron chi connectivity index (χ4n) is 2.45. The predicted molar refractivity (Wildman–Crippen MR) is 89.1 cm³/mol. The largest absolute Gasteiger partial charge is 0.506 e. The van der Waals surface area contributed by atoms with E-state index >= 15 is 0 Å². The minimum Gasteiger partial charge on any atom is -0.506 e. The van der Waals surface area contributed by atoms with Gasteiger partial charge in [0.2, 0.25) is 10.0 Å². The van der Waals surface area contributed by atoms with Gasteiger partial charge in [0.05, 0.1) is 23.8 Å². The molecule has 1 saturated heterocycles. The molecule has 2 N–H and O–H groups in total. The number of carbonyl (C=O) groups excluding carboxylic acids is 1. The van der Waals surface area contributed by atoms with E-state index < -0.39 is 15.9 Å². The van der Waals surface area contributed by atoms with Crippen molar-refractivity contribution in [3.05, 3.63) is 41.9 Å². The lowest BCUT2D eigenvalue weighted by Crippen LogP contribution is -2.40. The van der Waals surface area contributed by atoms with E-state index in [2.05, 4.69) is 5.32 Å². The van der Waals surface area contributed by atoms with Crippen LogP contribution < -0.4 is 5.32 Å². The number of rotatable bonds is 4. The lowest BCUT2D eigenvalue weighted by Gasteiger charge is -2.26. The van der Waals surface area contributed by atoms with Gasteiger partial charge in [-0.3, -0.25) is 4.79 Å². The number of benzene rings is 1. The normalized spacial score (nSPS) is 15.9. The third kappa shape index (κ3) is 3.68. The van der Waals surface area contributed by atoms with Crippen LogP contribution in [0.5, 0.6) is 5.75 Å². The number of morpholine rings is 1. The molecule has 1 aromatic carbocycles. The van der Waals surface area contributed by atoms with Crippen molar-refractivity contribution in [1.82, 2.24) is 4.31 Å². The topological polar surface area (TPSA) is 109 Å². The van der Waals surface area contributed by atoms with E-state index in [0.717, 1.165) is 0 Å². The Balaban J connectivity index is 1.86. The second-order valence-electron chi connectivity index (χ2n) is 5.56. The molecule has 134 valence electrons. The van der Waals surface area contributed by atoms with E-state index in [4.69, 9.17) is 9.15 Å². The molecule has 8 nitrogen and oxygen atoms in total. The van der Waals surface area contributed by atoms with Crippen molar-refractivity contribution in [2.75, 3.05) is 31.6 Å². The Bertz CT molecular complexity index is 884. The van der Waals surface area contributed by atoms with E-state index in [1.165, 1.54) is 28.6 Å². The van der Waals surface area contributed by atoms with Crippen LogP contribution in [0.3, 0.4) is 0 Å². The number of ether oxygens (including phenoxy) is 1. The van der Waals surface area contributed by atoms with Crippen LogP contribution in [-0.4, -0.2) is 50.0 Å². The molecule has 1 aromatic heterocycles. The molecule has 2 aromatic rings. The number of aromatic hydroxyl groups is 1. The van der Waals surface area contributed by atoms with Crippen LogP contribution in [0.1, 0.15) is 16.3 Å². The van der Waals surface area contributed by atoms with Gasteiger partial charge in [-0.15, -0.1) is 0 Å². The van der Waals surface area contributed by atoms with Crippen molar-refractivity contribution in [3.63, 3.8) is 0 Å². The number of phenolic OH excluding ortho intramolecular Hbond substituents is 1. The van der Waals surface area contributed by atoms with Crippen molar-refractivity contribution in [3.8, 4) is 5.75 Å². The standard InChI is InChI=1S/C16H18N2O6S/c1-11-2-5-15(24-11)16(20)17-13-10-12(3-4-14(13)19)25(21,22)18-6-8-23-9-7-18/h2-5,10,19H,6-9H2,1H3,(H,17,20). The van der Waals surface area contributed by atoms with Gasteiger partial charge in [0, 0.05) is 13.1 Å². The second kappa shape index (κ2) is 6.87. The van der Waals surface area contributed by atoms with Gasteiger partial charge in [-0.2, -0.15) is 4.31 Å². The summed E-state index contributed by atoms with van der Waals surface area (Å²) in [5, 5.41) is 12.4. The fourth-order valence-corrected chi connectivity index (χ4v) is 3.89. The maximum Gasteiger partial charge on any atom is 0.291 e. The van der Waals surface area contributed by atoms with E-state index in [9.17, 15) is 18.3 Å². The maximum absolute atomic E-state index is 12.7. The fraction of sp³-hybridized carbons (Fsp3) is 0.312. The van der Waals surface area contributed by atoms with Crippen LogP contribution >= 0.6 is 0 Å². The summed E-state index contributed by atoms with van der Waals surface area (Å²) in [7, 11) is -3.73. The Hall–Kier alpha value is -2.36. The number of aryl methyl sites for hydroxylation is 1. The first-order chi connectivity index (χ1) is 11.9. The lowest BCUT2D eigenvalue weighted by molar-refractivity contribution is 0.0730. The average Bonchev–Trinajstić information content (AvgIpc) is 3.04. The minimum absolute atomic E-state index is 0.00612. The Labute approximate surface area is 145 Å². The van der Waals surface area contributed by atoms with Gasteiger partial charge in [-0.25, -0.2) is 8.42 Å². The Morgan fingerprint density at radius 2 is 1.92 bits per heavy atom. The van der Waals surface area contributed by atoms with Gasteiger partial charge < -0.3 is 19.6 Å². The zero-order chi connectivity index (χ0) is 18.0. The van der Waals surface area contributed by atoms with Crippen LogP contribution in [-0.2, 0) is 14.8 Å².